The number of hydrogen-bond acceptors (Lipinski definition) is 5. The molecule has 2 aromatic carbocycles. The van der Waals surface area contributed by atoms with Crippen LogP contribution in [0, 0.1) is 13.8 Å². The number of aryl methyl sites for hydroxylation is 2. The molecule has 1 amide bonds. The second-order valence-corrected chi connectivity index (χ2v) is 9.73. The van der Waals surface area contributed by atoms with Gasteiger partial charge in [-0.05, 0) is 75.6 Å². The Bertz CT molecular complexity index is 1030. The zero-order valence-electron chi connectivity index (χ0n) is 19.2. The number of ether oxygens (including phenoxy) is 2. The Morgan fingerprint density at radius 2 is 1.71 bits per heavy atom. The van der Waals surface area contributed by atoms with E-state index >= 15 is 0 Å². The van der Waals surface area contributed by atoms with Crippen LogP contribution in [0.25, 0.3) is 0 Å². The van der Waals surface area contributed by atoms with Crippen LogP contribution in [-0.4, -0.2) is 39.8 Å². The molecule has 7 nitrogen and oxygen atoms in total. The number of nitrogens with one attached hydrogen (secondary N) is 1. The maximum absolute atomic E-state index is 12.8. The summed E-state index contributed by atoms with van der Waals surface area (Å²) in [6.07, 6.45) is 1.11. The third kappa shape index (κ3) is 6.37. The lowest BCUT2D eigenvalue weighted by Gasteiger charge is -2.28. The van der Waals surface area contributed by atoms with Crippen LogP contribution in [0.4, 0.5) is 5.69 Å². The van der Waals surface area contributed by atoms with Crippen molar-refractivity contribution in [3.8, 4) is 11.5 Å². The molecule has 2 rings (SSSR count). The normalized spacial score (nSPS) is 12.4. The second-order valence-electron chi connectivity index (χ2n) is 7.87. The first kappa shape index (κ1) is 24.5. The lowest BCUT2D eigenvalue weighted by atomic mass is 10.1. The summed E-state index contributed by atoms with van der Waals surface area (Å²) < 4.78 is 37.2. The van der Waals surface area contributed by atoms with Gasteiger partial charge in [0, 0.05) is 6.54 Å². The van der Waals surface area contributed by atoms with Crippen LogP contribution in [0.1, 0.15) is 37.5 Å². The third-order valence-corrected chi connectivity index (χ3v) is 6.13. The van der Waals surface area contributed by atoms with E-state index in [9.17, 15) is 13.2 Å². The van der Waals surface area contributed by atoms with Crippen LogP contribution in [0.3, 0.4) is 0 Å². The monoisotopic (exact) mass is 448 g/mol. The predicted octanol–water partition coefficient (Wildman–Crippen LogP) is 3.57. The van der Waals surface area contributed by atoms with Crippen LogP contribution < -0.4 is 19.1 Å². The number of nitrogens with zero attached hydrogens (tertiary/aromatic N) is 1. The molecule has 1 atom stereocenters. The SMILES string of the molecule is COc1cc(CNC(=O)C(C)N(c2ccc(C)c(C)c2)S(C)(=O)=O)ccc1OC(C)C. The van der Waals surface area contributed by atoms with Gasteiger partial charge < -0.3 is 14.8 Å². The third-order valence-electron chi connectivity index (χ3n) is 4.89. The molecule has 170 valence electrons. The van der Waals surface area contributed by atoms with Crippen molar-refractivity contribution in [2.45, 2.75) is 53.3 Å². The fourth-order valence-electron chi connectivity index (χ4n) is 3.18. The molecule has 0 saturated carbocycles. The van der Waals surface area contributed by atoms with Gasteiger partial charge in [0.2, 0.25) is 15.9 Å². The van der Waals surface area contributed by atoms with Gasteiger partial charge >= 0.3 is 0 Å². The highest BCUT2D eigenvalue weighted by atomic mass is 32.2. The summed E-state index contributed by atoms with van der Waals surface area (Å²) in [6.45, 7) is 9.52. The van der Waals surface area contributed by atoms with Crippen molar-refractivity contribution in [2.24, 2.45) is 0 Å². The lowest BCUT2D eigenvalue weighted by Crippen LogP contribution is -2.47. The summed E-state index contributed by atoms with van der Waals surface area (Å²) in [7, 11) is -2.11. The zero-order valence-corrected chi connectivity index (χ0v) is 20.0. The molecule has 1 N–H and O–H groups in total. The highest BCUT2D eigenvalue weighted by molar-refractivity contribution is 7.92. The molecule has 0 bridgehead atoms. The molecule has 8 heteroatoms. The molecule has 31 heavy (non-hydrogen) atoms. The Hall–Kier alpha value is -2.74. The molecule has 0 aliphatic carbocycles. The van der Waals surface area contributed by atoms with E-state index in [2.05, 4.69) is 5.32 Å². The number of methoxy groups -OCH3 is 1. The molecule has 0 radical (unpaired) electrons. The van der Waals surface area contributed by atoms with Gasteiger partial charge in [-0.3, -0.25) is 9.10 Å². The molecule has 0 heterocycles. The number of benzene rings is 2. The van der Waals surface area contributed by atoms with Gasteiger partial charge in [0.15, 0.2) is 11.5 Å². The highest BCUT2D eigenvalue weighted by Crippen LogP contribution is 2.29. The Balaban J connectivity index is 2.18. The molecular formula is C23H32N2O5S. The Kier molecular flexibility index (Phi) is 7.95. The quantitative estimate of drug-likeness (QED) is 0.634. The van der Waals surface area contributed by atoms with E-state index in [-0.39, 0.29) is 12.6 Å². The van der Waals surface area contributed by atoms with E-state index in [1.807, 2.05) is 39.8 Å². The number of carbonyl (C=O) groups excluding carboxylic acids is 1. The van der Waals surface area contributed by atoms with E-state index in [1.165, 1.54) is 0 Å². The topological polar surface area (TPSA) is 84.9 Å². The van der Waals surface area contributed by atoms with Gasteiger partial charge in [-0.15, -0.1) is 0 Å². The van der Waals surface area contributed by atoms with E-state index in [4.69, 9.17) is 9.47 Å². The van der Waals surface area contributed by atoms with Crippen LogP contribution in [-0.2, 0) is 21.4 Å². The maximum Gasteiger partial charge on any atom is 0.243 e. The summed E-state index contributed by atoms with van der Waals surface area (Å²) in [5.74, 6) is 0.797. The number of carbonyl (C=O) groups is 1. The van der Waals surface area contributed by atoms with Crippen LogP contribution >= 0.6 is 0 Å². The van der Waals surface area contributed by atoms with E-state index < -0.39 is 22.0 Å². The second kappa shape index (κ2) is 10.0. The number of amides is 1. The summed E-state index contributed by atoms with van der Waals surface area (Å²) in [4.78, 5) is 12.8. The minimum absolute atomic E-state index is 0.00712. The number of sulfonamides is 1. The largest absolute Gasteiger partial charge is 0.493 e. The van der Waals surface area contributed by atoms with Crippen LogP contribution in [0.15, 0.2) is 36.4 Å². The summed E-state index contributed by atoms with van der Waals surface area (Å²) in [6, 6.07) is 9.84. The average molecular weight is 449 g/mol. The van der Waals surface area contributed by atoms with Crippen molar-refractivity contribution in [1.82, 2.24) is 5.32 Å². The summed E-state index contributed by atoms with van der Waals surface area (Å²) in [5.41, 5.74) is 3.28. The first-order chi connectivity index (χ1) is 14.4. The molecule has 0 aliphatic heterocycles. The van der Waals surface area contributed by atoms with Crippen LogP contribution in [0.2, 0.25) is 0 Å². The molecule has 0 aromatic heterocycles. The van der Waals surface area contributed by atoms with Gasteiger partial charge in [0.25, 0.3) is 0 Å². The van der Waals surface area contributed by atoms with Crippen molar-refractivity contribution < 1.29 is 22.7 Å². The van der Waals surface area contributed by atoms with Gasteiger partial charge in [-0.2, -0.15) is 0 Å². The smallest absolute Gasteiger partial charge is 0.243 e. The highest BCUT2D eigenvalue weighted by Gasteiger charge is 2.29. The molecule has 0 aliphatic rings. The van der Waals surface area contributed by atoms with Gasteiger partial charge in [-0.1, -0.05) is 12.1 Å². The van der Waals surface area contributed by atoms with Gasteiger partial charge in [0.1, 0.15) is 6.04 Å². The van der Waals surface area contributed by atoms with Crippen molar-refractivity contribution in [3.05, 3.63) is 53.1 Å². The van der Waals surface area contributed by atoms with Crippen molar-refractivity contribution in [2.75, 3.05) is 17.7 Å². The summed E-state index contributed by atoms with van der Waals surface area (Å²) in [5, 5.41) is 2.82. The van der Waals surface area contributed by atoms with E-state index in [0.29, 0.717) is 17.2 Å². The molecule has 0 spiro atoms. The van der Waals surface area contributed by atoms with E-state index in [1.54, 1.807) is 38.3 Å². The van der Waals surface area contributed by atoms with Crippen molar-refractivity contribution in [1.29, 1.82) is 0 Å². The predicted molar refractivity (Wildman–Crippen MR) is 123 cm³/mol. The van der Waals surface area contributed by atoms with Crippen LogP contribution in [0.5, 0.6) is 11.5 Å². The first-order valence-electron chi connectivity index (χ1n) is 10.1. The summed E-state index contributed by atoms with van der Waals surface area (Å²) >= 11 is 0. The van der Waals surface area contributed by atoms with E-state index in [0.717, 1.165) is 27.3 Å². The lowest BCUT2D eigenvalue weighted by molar-refractivity contribution is -0.122. The molecule has 2 aromatic rings. The van der Waals surface area contributed by atoms with Crippen molar-refractivity contribution in [3.63, 3.8) is 0 Å². The van der Waals surface area contributed by atoms with Gasteiger partial charge in [0.05, 0.1) is 25.2 Å². The fourth-order valence-corrected chi connectivity index (χ4v) is 4.35. The zero-order chi connectivity index (χ0) is 23.3. The molecule has 0 saturated heterocycles. The molecular weight excluding hydrogens is 416 g/mol. The minimum atomic E-state index is -3.67. The number of anilines is 1. The average Bonchev–Trinajstić information content (AvgIpc) is 2.68. The Morgan fingerprint density at radius 1 is 1.03 bits per heavy atom. The Labute approximate surface area is 185 Å². The Morgan fingerprint density at radius 3 is 2.26 bits per heavy atom. The minimum Gasteiger partial charge on any atom is -0.493 e. The van der Waals surface area contributed by atoms with Gasteiger partial charge in [-0.25, -0.2) is 8.42 Å². The maximum atomic E-state index is 12.8. The van der Waals surface area contributed by atoms with Crippen molar-refractivity contribution >= 4 is 21.6 Å². The standard InChI is InChI=1S/C23H32N2O5S/c1-15(2)30-21-11-9-19(13-22(21)29-6)14-24-23(26)18(5)25(31(7,27)28)20-10-8-16(3)17(4)12-20/h8-13,15,18H,14H2,1-7H3,(H,24,26). The number of hydrogen-bond donors (Lipinski definition) is 1. The number of rotatable bonds is 9. The first-order valence-corrected chi connectivity index (χ1v) is 12.0. The molecule has 0 fully saturated rings. The molecule has 1 unspecified atom stereocenters. The fraction of sp³-hybridized carbons (Fsp3) is 0.435.